The fraction of sp³-hybridized carbons (Fsp3) is 0.0952. The van der Waals surface area contributed by atoms with Crippen LogP contribution in [0.4, 0.5) is 14.6 Å². The molecule has 0 unspecified atom stereocenters. The summed E-state index contributed by atoms with van der Waals surface area (Å²) in [4.78, 5) is 25.1. The molecule has 0 spiro atoms. The number of H-pyrrole nitrogens is 1. The molecule has 0 aliphatic rings. The first-order valence-corrected chi connectivity index (χ1v) is 9.25. The predicted octanol–water partition coefficient (Wildman–Crippen LogP) is 4.51. The van der Waals surface area contributed by atoms with Crippen molar-refractivity contribution in [1.82, 2.24) is 19.9 Å². The van der Waals surface area contributed by atoms with Gasteiger partial charge in [-0.3, -0.25) is 4.79 Å². The molecule has 4 rings (SSSR count). The number of nitrogens with two attached hydrogens (primary N) is 1. The maximum atomic E-state index is 14.4. The van der Waals surface area contributed by atoms with Crippen molar-refractivity contribution < 1.29 is 13.6 Å². The van der Waals surface area contributed by atoms with E-state index in [1.54, 1.807) is 20.2 Å². The number of carbonyl (C=O) groups is 1. The molecule has 4 aromatic rings. The maximum Gasteiger partial charge on any atom is 0.257 e. The van der Waals surface area contributed by atoms with Crippen LogP contribution in [0, 0.1) is 11.6 Å². The molecule has 3 N–H and O–H groups in total. The number of fused-ring (bicyclic) bond motifs is 1. The molecule has 0 fully saturated rings. The van der Waals surface area contributed by atoms with Gasteiger partial charge in [-0.1, -0.05) is 23.7 Å². The molecule has 0 saturated carbocycles. The summed E-state index contributed by atoms with van der Waals surface area (Å²) in [6.45, 7) is 0. The Balaban J connectivity index is 1.93. The van der Waals surface area contributed by atoms with E-state index in [4.69, 9.17) is 17.3 Å². The Morgan fingerprint density at radius 3 is 2.63 bits per heavy atom. The Labute approximate surface area is 175 Å². The quantitative estimate of drug-likeness (QED) is 0.503. The number of aromatic nitrogens is 3. The third kappa shape index (κ3) is 3.15. The molecule has 0 aliphatic heterocycles. The fourth-order valence-corrected chi connectivity index (χ4v) is 3.57. The van der Waals surface area contributed by atoms with E-state index < -0.39 is 11.6 Å². The number of carbonyl (C=O) groups excluding carboxylic acids is 1. The molecule has 30 heavy (non-hydrogen) atoms. The number of benzene rings is 1. The molecular formula is C21H16ClF2N5O. The summed E-state index contributed by atoms with van der Waals surface area (Å²) in [6.07, 6.45) is 4.52. The summed E-state index contributed by atoms with van der Waals surface area (Å²) in [7, 11) is 3.21. The summed E-state index contributed by atoms with van der Waals surface area (Å²) in [5.41, 5.74) is 7.91. The SMILES string of the molecule is CN(C)C(=O)c1cc(-c2cnc3[nH]cc(-c4cccc(F)c4F)c3c2Cl)cnc1N. The molecule has 0 radical (unpaired) electrons. The molecule has 6 nitrogen and oxygen atoms in total. The summed E-state index contributed by atoms with van der Waals surface area (Å²) >= 11 is 6.67. The lowest BCUT2D eigenvalue weighted by molar-refractivity contribution is 0.0828. The molecule has 0 aliphatic carbocycles. The molecular weight excluding hydrogens is 412 g/mol. The third-order valence-electron chi connectivity index (χ3n) is 4.75. The van der Waals surface area contributed by atoms with E-state index in [-0.39, 0.29) is 27.9 Å². The van der Waals surface area contributed by atoms with Crippen molar-refractivity contribution in [3.05, 3.63) is 65.1 Å². The second-order valence-corrected chi connectivity index (χ2v) is 7.25. The number of pyridine rings is 2. The largest absolute Gasteiger partial charge is 0.383 e. The summed E-state index contributed by atoms with van der Waals surface area (Å²) < 4.78 is 28.1. The molecule has 1 amide bonds. The van der Waals surface area contributed by atoms with Gasteiger partial charge in [0.1, 0.15) is 11.5 Å². The highest BCUT2D eigenvalue weighted by Gasteiger charge is 2.20. The molecule has 9 heteroatoms. The zero-order chi connectivity index (χ0) is 21.6. The van der Waals surface area contributed by atoms with Gasteiger partial charge in [-0.05, 0) is 12.1 Å². The van der Waals surface area contributed by atoms with Crippen LogP contribution in [0.2, 0.25) is 5.02 Å². The van der Waals surface area contributed by atoms with Gasteiger partial charge in [-0.25, -0.2) is 18.7 Å². The summed E-state index contributed by atoms with van der Waals surface area (Å²) in [6, 6.07) is 5.50. The molecule has 0 atom stereocenters. The third-order valence-corrected chi connectivity index (χ3v) is 5.14. The van der Waals surface area contributed by atoms with E-state index in [1.165, 1.54) is 35.6 Å². The average Bonchev–Trinajstić information content (AvgIpc) is 3.15. The highest BCUT2D eigenvalue weighted by atomic mass is 35.5. The summed E-state index contributed by atoms with van der Waals surface area (Å²) in [5.74, 6) is -2.16. The van der Waals surface area contributed by atoms with Gasteiger partial charge in [-0.2, -0.15) is 0 Å². The number of rotatable bonds is 3. The number of hydrogen-bond donors (Lipinski definition) is 2. The average molecular weight is 428 g/mol. The number of amides is 1. The zero-order valence-corrected chi connectivity index (χ0v) is 16.8. The number of nitrogens with one attached hydrogen (secondary N) is 1. The Kier molecular flexibility index (Phi) is 4.87. The number of nitrogen functional groups attached to an aromatic ring is 1. The van der Waals surface area contributed by atoms with Crippen molar-refractivity contribution in [2.45, 2.75) is 0 Å². The van der Waals surface area contributed by atoms with Crippen LogP contribution in [-0.2, 0) is 0 Å². The van der Waals surface area contributed by atoms with Crippen LogP contribution >= 0.6 is 11.6 Å². The van der Waals surface area contributed by atoms with Gasteiger partial charge < -0.3 is 15.6 Å². The number of hydrogen-bond acceptors (Lipinski definition) is 4. The van der Waals surface area contributed by atoms with Crippen molar-refractivity contribution in [1.29, 1.82) is 0 Å². The van der Waals surface area contributed by atoms with Gasteiger partial charge in [0.25, 0.3) is 5.91 Å². The Morgan fingerprint density at radius 1 is 1.13 bits per heavy atom. The van der Waals surface area contributed by atoms with Crippen LogP contribution in [0.5, 0.6) is 0 Å². The fourth-order valence-electron chi connectivity index (χ4n) is 3.22. The molecule has 3 aromatic heterocycles. The number of halogens is 3. The van der Waals surface area contributed by atoms with Gasteiger partial charge in [-0.15, -0.1) is 0 Å². The van der Waals surface area contributed by atoms with Crippen LogP contribution in [0.25, 0.3) is 33.3 Å². The van der Waals surface area contributed by atoms with Gasteiger partial charge in [0, 0.05) is 60.3 Å². The Morgan fingerprint density at radius 2 is 1.90 bits per heavy atom. The van der Waals surface area contributed by atoms with Crippen molar-refractivity contribution in [3.63, 3.8) is 0 Å². The van der Waals surface area contributed by atoms with E-state index in [9.17, 15) is 13.6 Å². The molecule has 152 valence electrons. The summed E-state index contributed by atoms with van der Waals surface area (Å²) in [5, 5.41) is 0.686. The number of aromatic amines is 1. The predicted molar refractivity (Wildman–Crippen MR) is 112 cm³/mol. The second-order valence-electron chi connectivity index (χ2n) is 6.87. The first-order chi connectivity index (χ1) is 14.3. The van der Waals surface area contributed by atoms with E-state index >= 15 is 0 Å². The minimum Gasteiger partial charge on any atom is -0.383 e. The van der Waals surface area contributed by atoms with Crippen LogP contribution in [0.1, 0.15) is 10.4 Å². The lowest BCUT2D eigenvalue weighted by Crippen LogP contribution is -2.23. The van der Waals surface area contributed by atoms with Crippen LogP contribution in [0.15, 0.2) is 42.9 Å². The van der Waals surface area contributed by atoms with Crippen LogP contribution in [0.3, 0.4) is 0 Å². The van der Waals surface area contributed by atoms with Crippen molar-refractivity contribution >= 4 is 34.4 Å². The molecule has 3 heterocycles. The van der Waals surface area contributed by atoms with Gasteiger partial charge >= 0.3 is 0 Å². The zero-order valence-electron chi connectivity index (χ0n) is 16.0. The second kappa shape index (κ2) is 7.38. The van der Waals surface area contributed by atoms with E-state index in [2.05, 4.69) is 15.0 Å². The smallest absolute Gasteiger partial charge is 0.257 e. The van der Waals surface area contributed by atoms with Crippen LogP contribution < -0.4 is 5.73 Å². The Bertz CT molecular complexity index is 1300. The van der Waals surface area contributed by atoms with E-state index in [0.717, 1.165) is 6.07 Å². The standard InChI is InChI=1S/C21H16ClF2N5O/c1-29(2)21(30)12-6-10(7-26-19(12)25)13-8-27-20-16(17(13)22)14(9-28-20)11-4-3-5-15(23)18(11)24/h3-9H,1-2H3,(H2,25,26)(H,27,28). The minimum absolute atomic E-state index is 0.0565. The maximum absolute atomic E-state index is 14.4. The normalized spacial score (nSPS) is 11.1. The highest BCUT2D eigenvalue weighted by Crippen LogP contribution is 2.39. The van der Waals surface area contributed by atoms with Gasteiger partial charge in [0.15, 0.2) is 11.6 Å². The number of nitrogens with zero attached hydrogens (tertiary/aromatic N) is 3. The molecule has 0 bridgehead atoms. The van der Waals surface area contributed by atoms with E-state index in [1.807, 2.05) is 0 Å². The monoisotopic (exact) mass is 427 g/mol. The van der Waals surface area contributed by atoms with Gasteiger partial charge in [0.05, 0.1) is 10.6 Å². The lowest BCUT2D eigenvalue weighted by atomic mass is 10.0. The van der Waals surface area contributed by atoms with Crippen molar-refractivity contribution in [2.75, 3.05) is 19.8 Å². The van der Waals surface area contributed by atoms with Crippen molar-refractivity contribution in [3.8, 4) is 22.3 Å². The number of anilines is 1. The van der Waals surface area contributed by atoms with Gasteiger partial charge in [0.2, 0.25) is 0 Å². The Hall–Kier alpha value is -3.52. The first-order valence-electron chi connectivity index (χ1n) is 8.87. The highest BCUT2D eigenvalue weighted by molar-refractivity contribution is 6.39. The first kappa shape index (κ1) is 19.8. The molecule has 1 aromatic carbocycles. The van der Waals surface area contributed by atoms with E-state index in [0.29, 0.717) is 27.7 Å². The van der Waals surface area contributed by atoms with Crippen LogP contribution in [-0.4, -0.2) is 39.9 Å². The minimum atomic E-state index is -0.979. The lowest BCUT2D eigenvalue weighted by Gasteiger charge is -2.13. The topological polar surface area (TPSA) is 87.9 Å². The molecule has 0 saturated heterocycles. The van der Waals surface area contributed by atoms with Crippen molar-refractivity contribution in [2.24, 2.45) is 0 Å².